The summed E-state index contributed by atoms with van der Waals surface area (Å²) in [5.41, 5.74) is -3.02. The van der Waals surface area contributed by atoms with E-state index in [9.17, 15) is 26.4 Å². The van der Waals surface area contributed by atoms with Crippen molar-refractivity contribution in [3.05, 3.63) is 58.9 Å². The molecule has 12 heteroatoms. The Hall–Kier alpha value is -3.41. The molecule has 170 valence electrons. The van der Waals surface area contributed by atoms with E-state index in [1.54, 1.807) is 13.0 Å². The number of ether oxygens (including phenoxy) is 1. The van der Waals surface area contributed by atoms with Crippen LogP contribution in [-0.4, -0.2) is 41.9 Å². The number of halogens is 3. The lowest BCUT2D eigenvalue weighted by Crippen LogP contribution is -2.23. The minimum atomic E-state index is -5.61. The molecule has 0 fully saturated rings. The van der Waals surface area contributed by atoms with Gasteiger partial charge in [-0.15, -0.1) is 5.10 Å². The topological polar surface area (TPSA) is 103 Å². The molecular formula is C20H19F3N4O4S. The summed E-state index contributed by atoms with van der Waals surface area (Å²) in [5.74, 6) is -0.822. The second-order valence-electron chi connectivity index (χ2n) is 6.98. The van der Waals surface area contributed by atoms with Crippen LogP contribution in [0.1, 0.15) is 27.3 Å². The molecule has 0 bridgehead atoms. The molecule has 0 aliphatic rings. The highest BCUT2D eigenvalue weighted by molar-refractivity contribution is 7.92. The summed E-state index contributed by atoms with van der Waals surface area (Å²) < 4.78 is 67.2. The molecular weight excluding hydrogens is 449 g/mol. The third-order valence-corrected chi connectivity index (χ3v) is 6.08. The van der Waals surface area contributed by atoms with Crippen molar-refractivity contribution >= 4 is 21.4 Å². The minimum absolute atomic E-state index is 0.0288. The van der Waals surface area contributed by atoms with E-state index in [1.165, 1.54) is 11.9 Å². The van der Waals surface area contributed by atoms with E-state index in [2.05, 4.69) is 15.5 Å². The van der Waals surface area contributed by atoms with Gasteiger partial charge in [0.05, 0.1) is 29.1 Å². The van der Waals surface area contributed by atoms with Gasteiger partial charge in [-0.05, 0) is 50.6 Å². The third kappa shape index (κ3) is 4.31. The van der Waals surface area contributed by atoms with E-state index in [1.807, 2.05) is 26.0 Å². The number of rotatable bonds is 5. The number of hydrogen-bond donors (Lipinski definition) is 1. The first-order chi connectivity index (χ1) is 14.8. The molecule has 32 heavy (non-hydrogen) atoms. The zero-order valence-corrected chi connectivity index (χ0v) is 18.3. The van der Waals surface area contributed by atoms with Gasteiger partial charge in [-0.1, -0.05) is 17.7 Å². The summed E-state index contributed by atoms with van der Waals surface area (Å²) in [6, 6.07) is 8.03. The Kier molecular flexibility index (Phi) is 6.00. The van der Waals surface area contributed by atoms with Crippen molar-refractivity contribution in [3.63, 3.8) is 0 Å². The first-order valence-electron chi connectivity index (χ1n) is 9.17. The Morgan fingerprint density at radius 1 is 1.06 bits per heavy atom. The standard InChI is InChI=1S/C20H19F3N4O4S/c1-11-5-7-16(12(2)9-11)27-25-13(3)18(26-27)19(28)24-15-10-14(6-8-17(15)31-4)32(29,30)20(21,22)23/h5-10H,1-4H3,(H,24,28). The second kappa shape index (κ2) is 8.26. The minimum Gasteiger partial charge on any atom is -0.495 e. The Balaban J connectivity index is 1.97. The van der Waals surface area contributed by atoms with Gasteiger partial charge < -0.3 is 10.1 Å². The van der Waals surface area contributed by atoms with Crippen LogP contribution >= 0.6 is 0 Å². The Labute approximate surface area is 181 Å². The van der Waals surface area contributed by atoms with Crippen molar-refractivity contribution < 1.29 is 31.1 Å². The molecule has 3 rings (SSSR count). The molecule has 0 spiro atoms. The van der Waals surface area contributed by atoms with Crippen molar-refractivity contribution in [2.75, 3.05) is 12.4 Å². The van der Waals surface area contributed by atoms with Crippen LogP contribution in [0.5, 0.6) is 5.75 Å². The van der Waals surface area contributed by atoms with Gasteiger partial charge in [0.2, 0.25) is 0 Å². The van der Waals surface area contributed by atoms with Crippen LogP contribution in [0.2, 0.25) is 0 Å². The number of carbonyl (C=O) groups excluding carboxylic acids is 1. The maximum Gasteiger partial charge on any atom is 0.501 e. The molecule has 1 aromatic heterocycles. The highest BCUT2D eigenvalue weighted by atomic mass is 32.2. The van der Waals surface area contributed by atoms with Crippen LogP contribution < -0.4 is 10.1 Å². The first kappa shape index (κ1) is 23.3. The molecule has 0 atom stereocenters. The Morgan fingerprint density at radius 3 is 2.34 bits per heavy atom. The van der Waals surface area contributed by atoms with E-state index in [-0.39, 0.29) is 22.8 Å². The summed E-state index contributed by atoms with van der Waals surface area (Å²) >= 11 is 0. The number of hydrogen-bond acceptors (Lipinski definition) is 6. The SMILES string of the molecule is COc1ccc(S(=O)(=O)C(F)(F)F)cc1NC(=O)c1nn(-c2ccc(C)cc2C)nc1C. The zero-order chi connectivity index (χ0) is 23.8. The fourth-order valence-electron chi connectivity index (χ4n) is 2.99. The lowest BCUT2D eigenvalue weighted by atomic mass is 10.1. The lowest BCUT2D eigenvalue weighted by molar-refractivity contribution is -0.0436. The molecule has 0 radical (unpaired) electrons. The van der Waals surface area contributed by atoms with Gasteiger partial charge in [0, 0.05) is 0 Å². The van der Waals surface area contributed by atoms with Crippen LogP contribution in [0.15, 0.2) is 41.3 Å². The number of amides is 1. The van der Waals surface area contributed by atoms with Crippen LogP contribution in [0.25, 0.3) is 5.69 Å². The van der Waals surface area contributed by atoms with Gasteiger partial charge >= 0.3 is 5.51 Å². The first-order valence-corrected chi connectivity index (χ1v) is 10.7. The van der Waals surface area contributed by atoms with Crippen molar-refractivity contribution in [3.8, 4) is 11.4 Å². The van der Waals surface area contributed by atoms with E-state index in [4.69, 9.17) is 4.74 Å². The summed E-state index contributed by atoms with van der Waals surface area (Å²) in [6.07, 6.45) is 0. The van der Waals surface area contributed by atoms with Gasteiger partial charge in [-0.2, -0.15) is 23.1 Å². The second-order valence-corrected chi connectivity index (χ2v) is 8.92. The average molecular weight is 468 g/mol. The molecule has 1 N–H and O–H groups in total. The molecule has 0 aliphatic heterocycles. The summed E-state index contributed by atoms with van der Waals surface area (Å²) in [5, 5.41) is 10.8. The number of sulfone groups is 1. The quantitative estimate of drug-likeness (QED) is 0.612. The number of nitrogens with one attached hydrogen (secondary N) is 1. The molecule has 2 aromatic carbocycles. The van der Waals surface area contributed by atoms with E-state index < -0.39 is 26.1 Å². The van der Waals surface area contributed by atoms with Gasteiger partial charge in [-0.3, -0.25) is 4.79 Å². The summed E-state index contributed by atoms with van der Waals surface area (Å²) in [7, 11) is -4.38. The molecule has 0 saturated heterocycles. The maximum atomic E-state index is 12.9. The van der Waals surface area contributed by atoms with Crippen LogP contribution in [0.4, 0.5) is 18.9 Å². The van der Waals surface area contributed by atoms with Gasteiger partial charge in [0.15, 0.2) is 5.69 Å². The van der Waals surface area contributed by atoms with Crippen molar-refractivity contribution in [2.45, 2.75) is 31.2 Å². The smallest absolute Gasteiger partial charge is 0.495 e. The molecule has 3 aromatic rings. The fraction of sp³-hybridized carbons (Fsp3) is 0.250. The molecule has 1 heterocycles. The third-order valence-electron chi connectivity index (χ3n) is 4.60. The monoisotopic (exact) mass is 468 g/mol. The van der Waals surface area contributed by atoms with Crippen LogP contribution in [0, 0.1) is 20.8 Å². The lowest BCUT2D eigenvalue weighted by Gasteiger charge is -2.13. The van der Waals surface area contributed by atoms with Crippen molar-refractivity contribution in [2.24, 2.45) is 0 Å². The molecule has 0 aliphatic carbocycles. The highest BCUT2D eigenvalue weighted by Gasteiger charge is 2.47. The Morgan fingerprint density at radius 2 is 1.75 bits per heavy atom. The number of aryl methyl sites for hydroxylation is 3. The number of aromatic nitrogens is 3. The highest BCUT2D eigenvalue weighted by Crippen LogP contribution is 2.34. The summed E-state index contributed by atoms with van der Waals surface area (Å²) in [4.78, 5) is 13.0. The number of benzene rings is 2. The predicted octanol–water partition coefficient (Wildman–Crippen LogP) is 3.75. The number of carbonyl (C=O) groups is 1. The molecule has 0 unspecified atom stereocenters. The Bertz CT molecular complexity index is 1300. The van der Waals surface area contributed by atoms with Gasteiger partial charge in [0.25, 0.3) is 15.7 Å². The molecule has 0 saturated carbocycles. The largest absolute Gasteiger partial charge is 0.501 e. The molecule has 1 amide bonds. The summed E-state index contributed by atoms with van der Waals surface area (Å²) in [6.45, 7) is 5.33. The average Bonchev–Trinajstić information content (AvgIpc) is 3.08. The zero-order valence-electron chi connectivity index (χ0n) is 17.5. The normalized spacial score (nSPS) is 12.0. The van der Waals surface area contributed by atoms with E-state index in [0.717, 1.165) is 23.3 Å². The maximum absolute atomic E-state index is 12.9. The van der Waals surface area contributed by atoms with Crippen LogP contribution in [-0.2, 0) is 9.84 Å². The van der Waals surface area contributed by atoms with Crippen LogP contribution in [0.3, 0.4) is 0 Å². The van der Waals surface area contributed by atoms with Gasteiger partial charge in [0.1, 0.15) is 5.75 Å². The number of anilines is 1. The van der Waals surface area contributed by atoms with Crippen molar-refractivity contribution in [1.82, 2.24) is 15.0 Å². The fourth-order valence-corrected chi connectivity index (χ4v) is 3.78. The van der Waals surface area contributed by atoms with E-state index >= 15 is 0 Å². The van der Waals surface area contributed by atoms with E-state index in [0.29, 0.717) is 11.8 Å². The number of nitrogens with zero attached hydrogens (tertiary/aromatic N) is 3. The number of alkyl halides is 3. The van der Waals surface area contributed by atoms with Gasteiger partial charge in [-0.25, -0.2) is 8.42 Å². The van der Waals surface area contributed by atoms with Crippen molar-refractivity contribution in [1.29, 1.82) is 0 Å². The molecule has 8 nitrogen and oxygen atoms in total. The predicted molar refractivity (Wildman–Crippen MR) is 110 cm³/mol. The number of methoxy groups -OCH3 is 1.